The standard InChI is InChI=1S/C26H31N3O2/c1-26(2,3)20-10-16-24(17-11-20)31-19-7-18-27-25(30)29-23-14-12-22(13-15-23)28-21-8-5-4-6-9-21/h4-6,8-17,28H,7,18-19H2,1-3H3,(H2,27,29,30). The summed E-state index contributed by atoms with van der Waals surface area (Å²) < 4.78 is 5.76. The molecule has 2 amide bonds. The second-order valence-corrected chi connectivity index (χ2v) is 8.43. The average molecular weight is 418 g/mol. The van der Waals surface area contributed by atoms with Crippen molar-refractivity contribution in [3.05, 3.63) is 84.4 Å². The SMILES string of the molecule is CC(C)(C)c1ccc(OCCCNC(=O)Nc2ccc(Nc3ccccc3)cc2)cc1. The first-order valence-electron chi connectivity index (χ1n) is 10.6. The van der Waals surface area contributed by atoms with Gasteiger partial charge in [-0.1, -0.05) is 51.1 Å². The number of benzene rings is 3. The normalized spacial score (nSPS) is 10.9. The molecule has 0 fully saturated rings. The van der Waals surface area contributed by atoms with E-state index in [2.05, 4.69) is 48.9 Å². The Morgan fingerprint density at radius 3 is 2.06 bits per heavy atom. The number of hydrogen-bond acceptors (Lipinski definition) is 3. The molecule has 3 rings (SSSR count). The van der Waals surface area contributed by atoms with Gasteiger partial charge in [-0.2, -0.15) is 0 Å². The van der Waals surface area contributed by atoms with Crippen molar-refractivity contribution in [2.45, 2.75) is 32.6 Å². The largest absolute Gasteiger partial charge is 0.494 e. The first-order valence-corrected chi connectivity index (χ1v) is 10.6. The van der Waals surface area contributed by atoms with Crippen LogP contribution in [0.4, 0.5) is 21.9 Å². The fraction of sp³-hybridized carbons (Fsp3) is 0.269. The summed E-state index contributed by atoms with van der Waals surface area (Å²) >= 11 is 0. The number of ether oxygens (including phenoxy) is 1. The molecule has 0 saturated carbocycles. The maximum Gasteiger partial charge on any atom is 0.319 e. The third-order valence-electron chi connectivity index (χ3n) is 4.80. The van der Waals surface area contributed by atoms with Gasteiger partial charge >= 0.3 is 6.03 Å². The van der Waals surface area contributed by atoms with Crippen molar-refractivity contribution in [1.82, 2.24) is 5.32 Å². The molecule has 0 atom stereocenters. The molecule has 0 spiro atoms. The van der Waals surface area contributed by atoms with E-state index in [1.807, 2.05) is 66.7 Å². The maximum atomic E-state index is 12.1. The van der Waals surface area contributed by atoms with Gasteiger partial charge in [-0.25, -0.2) is 4.79 Å². The van der Waals surface area contributed by atoms with Gasteiger partial charge in [0.05, 0.1) is 6.61 Å². The fourth-order valence-corrected chi connectivity index (χ4v) is 3.02. The van der Waals surface area contributed by atoms with Crippen LogP contribution >= 0.6 is 0 Å². The average Bonchev–Trinajstić information content (AvgIpc) is 2.75. The molecule has 3 aromatic carbocycles. The lowest BCUT2D eigenvalue weighted by Gasteiger charge is -2.19. The smallest absolute Gasteiger partial charge is 0.319 e. The minimum Gasteiger partial charge on any atom is -0.494 e. The fourth-order valence-electron chi connectivity index (χ4n) is 3.02. The van der Waals surface area contributed by atoms with Crippen molar-refractivity contribution in [2.75, 3.05) is 23.8 Å². The summed E-state index contributed by atoms with van der Waals surface area (Å²) in [5.74, 6) is 0.849. The van der Waals surface area contributed by atoms with E-state index in [1.165, 1.54) is 5.56 Å². The van der Waals surface area contributed by atoms with Crippen LogP contribution in [0.3, 0.4) is 0 Å². The van der Waals surface area contributed by atoms with E-state index < -0.39 is 0 Å². The van der Waals surface area contributed by atoms with Crippen molar-refractivity contribution >= 4 is 23.1 Å². The minimum atomic E-state index is -0.224. The summed E-state index contributed by atoms with van der Waals surface area (Å²) in [7, 11) is 0. The lowest BCUT2D eigenvalue weighted by Crippen LogP contribution is -2.30. The second-order valence-electron chi connectivity index (χ2n) is 8.43. The van der Waals surface area contributed by atoms with E-state index in [1.54, 1.807) is 0 Å². The van der Waals surface area contributed by atoms with Crippen LogP contribution in [0.1, 0.15) is 32.8 Å². The summed E-state index contributed by atoms with van der Waals surface area (Å²) in [6.45, 7) is 7.66. The zero-order chi connectivity index (χ0) is 22.1. The Labute approximate surface area is 184 Å². The van der Waals surface area contributed by atoms with E-state index >= 15 is 0 Å². The van der Waals surface area contributed by atoms with Gasteiger partial charge < -0.3 is 20.7 Å². The molecule has 0 aromatic heterocycles. The highest BCUT2D eigenvalue weighted by Gasteiger charge is 2.12. The summed E-state index contributed by atoms with van der Waals surface area (Å²) in [6, 6.07) is 25.5. The molecule has 3 N–H and O–H groups in total. The van der Waals surface area contributed by atoms with Crippen LogP contribution in [0, 0.1) is 0 Å². The van der Waals surface area contributed by atoms with Gasteiger partial charge in [-0.05, 0) is 65.9 Å². The first-order chi connectivity index (χ1) is 14.9. The molecule has 0 radical (unpaired) electrons. The summed E-state index contributed by atoms with van der Waals surface area (Å²) in [6.07, 6.45) is 0.731. The van der Waals surface area contributed by atoms with Crippen LogP contribution in [0.2, 0.25) is 0 Å². The summed E-state index contributed by atoms with van der Waals surface area (Å²) in [5.41, 5.74) is 4.14. The summed E-state index contributed by atoms with van der Waals surface area (Å²) in [5, 5.41) is 9.01. The molecule has 5 nitrogen and oxygen atoms in total. The van der Waals surface area contributed by atoms with E-state index in [-0.39, 0.29) is 11.4 Å². The number of amides is 2. The van der Waals surface area contributed by atoms with Gasteiger partial charge in [0.1, 0.15) is 5.75 Å². The highest BCUT2D eigenvalue weighted by Crippen LogP contribution is 2.24. The maximum absolute atomic E-state index is 12.1. The predicted octanol–water partition coefficient (Wildman–Crippen LogP) is 6.32. The van der Waals surface area contributed by atoms with Gasteiger partial charge in [0, 0.05) is 23.6 Å². The number of hydrogen-bond donors (Lipinski definition) is 3. The molecule has 0 aliphatic heterocycles. The highest BCUT2D eigenvalue weighted by molar-refractivity contribution is 5.89. The lowest BCUT2D eigenvalue weighted by atomic mass is 9.87. The van der Waals surface area contributed by atoms with Gasteiger partial charge in [-0.15, -0.1) is 0 Å². The molecule has 162 valence electrons. The monoisotopic (exact) mass is 417 g/mol. The Bertz CT molecular complexity index is 947. The van der Waals surface area contributed by atoms with Gasteiger partial charge in [0.2, 0.25) is 0 Å². The van der Waals surface area contributed by atoms with Crippen molar-refractivity contribution in [1.29, 1.82) is 0 Å². The van der Waals surface area contributed by atoms with Crippen LogP contribution in [0.15, 0.2) is 78.9 Å². The molecule has 31 heavy (non-hydrogen) atoms. The van der Waals surface area contributed by atoms with E-state index in [0.29, 0.717) is 13.2 Å². The lowest BCUT2D eigenvalue weighted by molar-refractivity contribution is 0.250. The van der Waals surface area contributed by atoms with Gasteiger partial charge in [-0.3, -0.25) is 0 Å². The molecule has 5 heteroatoms. The van der Waals surface area contributed by atoms with Crippen LogP contribution in [-0.4, -0.2) is 19.2 Å². The molecular weight excluding hydrogens is 386 g/mol. The number of carbonyl (C=O) groups is 1. The van der Waals surface area contributed by atoms with Crippen LogP contribution in [-0.2, 0) is 5.41 Å². The third-order valence-corrected chi connectivity index (χ3v) is 4.80. The zero-order valence-electron chi connectivity index (χ0n) is 18.4. The number of urea groups is 1. The molecule has 0 aliphatic rings. The quantitative estimate of drug-likeness (QED) is 0.376. The van der Waals surface area contributed by atoms with Crippen molar-refractivity contribution in [2.24, 2.45) is 0 Å². The number of carbonyl (C=O) groups excluding carboxylic acids is 1. The first kappa shape index (κ1) is 22.2. The predicted molar refractivity (Wildman–Crippen MR) is 128 cm³/mol. The van der Waals surface area contributed by atoms with E-state index in [4.69, 9.17) is 4.74 Å². The molecule has 0 bridgehead atoms. The van der Waals surface area contributed by atoms with Gasteiger partial charge in [0.25, 0.3) is 0 Å². The minimum absolute atomic E-state index is 0.133. The molecule has 3 aromatic rings. The Balaban J connectivity index is 1.34. The molecule has 0 heterocycles. The topological polar surface area (TPSA) is 62.4 Å². The van der Waals surface area contributed by atoms with Gasteiger partial charge in [0.15, 0.2) is 0 Å². The highest BCUT2D eigenvalue weighted by atomic mass is 16.5. The van der Waals surface area contributed by atoms with Crippen LogP contribution in [0.5, 0.6) is 5.75 Å². The Kier molecular flexibility index (Phi) is 7.55. The second kappa shape index (κ2) is 10.5. The Hall–Kier alpha value is -3.47. The summed E-state index contributed by atoms with van der Waals surface area (Å²) in [4.78, 5) is 12.1. The van der Waals surface area contributed by atoms with Crippen molar-refractivity contribution in [3.8, 4) is 5.75 Å². The van der Waals surface area contributed by atoms with Crippen LogP contribution in [0.25, 0.3) is 0 Å². The number of anilines is 3. The third kappa shape index (κ3) is 7.37. The molecule has 0 aliphatic carbocycles. The Morgan fingerprint density at radius 2 is 1.42 bits per heavy atom. The molecule has 0 unspecified atom stereocenters. The molecule has 0 saturated heterocycles. The van der Waals surface area contributed by atoms with Crippen LogP contribution < -0.4 is 20.7 Å². The van der Waals surface area contributed by atoms with E-state index in [0.717, 1.165) is 29.2 Å². The number of nitrogens with one attached hydrogen (secondary N) is 3. The zero-order valence-corrected chi connectivity index (χ0v) is 18.4. The molecular formula is C26H31N3O2. The Morgan fingerprint density at radius 1 is 0.806 bits per heavy atom. The number of para-hydroxylation sites is 1. The van der Waals surface area contributed by atoms with Crippen molar-refractivity contribution in [3.63, 3.8) is 0 Å². The number of rotatable bonds is 8. The van der Waals surface area contributed by atoms with Crippen molar-refractivity contribution < 1.29 is 9.53 Å². The van der Waals surface area contributed by atoms with E-state index in [9.17, 15) is 4.79 Å².